The van der Waals surface area contributed by atoms with Crippen molar-refractivity contribution in [3.05, 3.63) is 0 Å². The smallest absolute Gasteiger partial charge is 0.322 e. The summed E-state index contributed by atoms with van der Waals surface area (Å²) in [7, 11) is 0. The molecule has 1 saturated heterocycles. The largest absolute Gasteiger partial charge is 0.480 e. The van der Waals surface area contributed by atoms with Crippen LogP contribution in [0.1, 0.15) is 32.1 Å². The Morgan fingerprint density at radius 1 is 1.05 bits per heavy atom. The number of rotatable bonds is 2. The lowest BCUT2D eigenvalue weighted by atomic mass is 9.53. The molecular formula is C15H24N2O2. The van der Waals surface area contributed by atoms with Crippen LogP contribution in [0.15, 0.2) is 0 Å². The molecule has 0 spiro atoms. The number of nitrogens with zero attached hydrogens (tertiary/aromatic N) is 1. The minimum absolute atomic E-state index is 0.295. The average molecular weight is 264 g/mol. The Morgan fingerprint density at radius 2 is 1.68 bits per heavy atom. The van der Waals surface area contributed by atoms with Gasteiger partial charge < -0.3 is 10.4 Å². The van der Waals surface area contributed by atoms with Gasteiger partial charge in [-0.05, 0) is 55.8 Å². The fourth-order valence-corrected chi connectivity index (χ4v) is 5.74. The van der Waals surface area contributed by atoms with Crippen molar-refractivity contribution >= 4 is 5.97 Å². The van der Waals surface area contributed by atoms with Crippen molar-refractivity contribution < 1.29 is 9.90 Å². The highest BCUT2D eigenvalue weighted by molar-refractivity contribution is 5.74. The Morgan fingerprint density at radius 3 is 2.26 bits per heavy atom. The van der Waals surface area contributed by atoms with Gasteiger partial charge in [0.25, 0.3) is 0 Å². The molecule has 5 rings (SSSR count). The standard InChI is InChI=1S/C15H24N2O2/c18-15(19)13-8-16-1-2-17(13)14-11-4-9-3-10(6-11)7-12(14)5-9/h9-14,16H,1-8H2,(H,18,19). The lowest BCUT2D eigenvalue weighted by Gasteiger charge is -2.58. The summed E-state index contributed by atoms with van der Waals surface area (Å²) < 4.78 is 0. The maximum atomic E-state index is 11.5. The van der Waals surface area contributed by atoms with Crippen molar-refractivity contribution in [2.24, 2.45) is 23.7 Å². The zero-order chi connectivity index (χ0) is 13.0. The molecule has 4 heteroatoms. The second-order valence-corrected chi connectivity index (χ2v) is 7.22. The second kappa shape index (κ2) is 4.45. The van der Waals surface area contributed by atoms with Gasteiger partial charge in [0, 0.05) is 25.7 Å². The summed E-state index contributed by atoms with van der Waals surface area (Å²) in [6.45, 7) is 2.49. The van der Waals surface area contributed by atoms with Gasteiger partial charge in [-0.3, -0.25) is 9.69 Å². The zero-order valence-corrected chi connectivity index (χ0v) is 11.4. The molecule has 4 saturated carbocycles. The van der Waals surface area contributed by atoms with Crippen molar-refractivity contribution in [2.75, 3.05) is 19.6 Å². The van der Waals surface area contributed by atoms with Gasteiger partial charge in [0.2, 0.25) is 0 Å². The van der Waals surface area contributed by atoms with E-state index in [4.69, 9.17) is 0 Å². The molecule has 0 aromatic carbocycles. The Hall–Kier alpha value is -0.610. The first-order valence-electron chi connectivity index (χ1n) is 7.91. The highest BCUT2D eigenvalue weighted by Gasteiger charge is 2.51. The van der Waals surface area contributed by atoms with Crippen LogP contribution >= 0.6 is 0 Å². The number of carbonyl (C=O) groups is 1. The van der Waals surface area contributed by atoms with E-state index in [9.17, 15) is 9.90 Å². The molecule has 1 heterocycles. The fraction of sp³-hybridized carbons (Fsp3) is 0.933. The molecule has 1 atom stereocenters. The van der Waals surface area contributed by atoms with E-state index in [2.05, 4.69) is 10.2 Å². The predicted octanol–water partition coefficient (Wildman–Crippen LogP) is 1.17. The van der Waals surface area contributed by atoms with Gasteiger partial charge in [-0.25, -0.2) is 0 Å². The van der Waals surface area contributed by atoms with Gasteiger partial charge in [-0.15, -0.1) is 0 Å². The van der Waals surface area contributed by atoms with Crippen molar-refractivity contribution in [3.8, 4) is 0 Å². The van der Waals surface area contributed by atoms with Crippen LogP contribution in [0.5, 0.6) is 0 Å². The van der Waals surface area contributed by atoms with Gasteiger partial charge in [0.05, 0.1) is 0 Å². The number of hydrogen-bond acceptors (Lipinski definition) is 3. The van der Waals surface area contributed by atoms with Crippen LogP contribution in [-0.4, -0.2) is 47.7 Å². The maximum absolute atomic E-state index is 11.5. The molecule has 4 nitrogen and oxygen atoms in total. The number of piperazine rings is 1. The number of hydrogen-bond donors (Lipinski definition) is 2. The first kappa shape index (κ1) is 12.2. The van der Waals surface area contributed by atoms with E-state index >= 15 is 0 Å². The lowest BCUT2D eigenvalue weighted by molar-refractivity contribution is -0.150. The molecule has 0 aromatic rings. The minimum Gasteiger partial charge on any atom is -0.480 e. The fourth-order valence-electron chi connectivity index (χ4n) is 5.74. The quantitative estimate of drug-likeness (QED) is 0.786. The van der Waals surface area contributed by atoms with Crippen LogP contribution in [-0.2, 0) is 4.79 Å². The molecule has 4 aliphatic carbocycles. The Labute approximate surface area is 114 Å². The summed E-state index contributed by atoms with van der Waals surface area (Å²) in [5.41, 5.74) is 0. The van der Waals surface area contributed by atoms with Gasteiger partial charge in [-0.1, -0.05) is 0 Å². The topological polar surface area (TPSA) is 52.6 Å². The van der Waals surface area contributed by atoms with Crippen LogP contribution in [0.2, 0.25) is 0 Å². The van der Waals surface area contributed by atoms with E-state index in [1.807, 2.05) is 0 Å². The van der Waals surface area contributed by atoms with Gasteiger partial charge in [0.1, 0.15) is 6.04 Å². The molecule has 1 aliphatic heterocycles. The summed E-state index contributed by atoms with van der Waals surface area (Å²) in [5, 5.41) is 12.7. The summed E-state index contributed by atoms with van der Waals surface area (Å²) in [6.07, 6.45) is 6.94. The van der Waals surface area contributed by atoms with E-state index in [0.29, 0.717) is 12.6 Å². The molecule has 2 N–H and O–H groups in total. The van der Waals surface area contributed by atoms with E-state index < -0.39 is 5.97 Å². The average Bonchev–Trinajstić information content (AvgIpc) is 2.37. The van der Waals surface area contributed by atoms with Crippen LogP contribution in [0.4, 0.5) is 0 Å². The molecule has 4 bridgehead atoms. The summed E-state index contributed by atoms with van der Waals surface area (Å²) in [6, 6.07) is 0.271. The second-order valence-electron chi connectivity index (χ2n) is 7.22. The molecule has 0 radical (unpaired) electrons. The van der Waals surface area contributed by atoms with Crippen molar-refractivity contribution in [1.82, 2.24) is 10.2 Å². The molecular weight excluding hydrogens is 240 g/mol. The summed E-state index contributed by atoms with van der Waals surface area (Å²) >= 11 is 0. The normalized spacial score (nSPS) is 49.5. The Kier molecular flexibility index (Phi) is 2.85. The zero-order valence-electron chi connectivity index (χ0n) is 11.4. The first-order valence-corrected chi connectivity index (χ1v) is 7.91. The Bertz CT molecular complexity index is 356. The molecule has 0 aromatic heterocycles. The van der Waals surface area contributed by atoms with Crippen molar-refractivity contribution in [3.63, 3.8) is 0 Å². The van der Waals surface area contributed by atoms with Crippen LogP contribution in [0, 0.1) is 23.7 Å². The third-order valence-electron chi connectivity index (χ3n) is 6.13. The highest BCUT2D eigenvalue weighted by Crippen LogP contribution is 2.55. The van der Waals surface area contributed by atoms with E-state index in [1.54, 1.807) is 0 Å². The molecule has 1 unspecified atom stereocenters. The first-order chi connectivity index (χ1) is 9.22. The summed E-state index contributed by atoms with van der Waals surface area (Å²) in [4.78, 5) is 13.9. The predicted molar refractivity (Wildman–Crippen MR) is 71.8 cm³/mol. The SMILES string of the molecule is O=C(O)C1CNCCN1C1C2CC3CC(C2)CC1C3. The minimum atomic E-state index is -0.638. The van der Waals surface area contributed by atoms with Crippen LogP contribution in [0.3, 0.4) is 0 Å². The lowest BCUT2D eigenvalue weighted by Crippen LogP contribution is -2.64. The number of carboxylic acids is 1. The number of nitrogens with one attached hydrogen (secondary N) is 1. The van der Waals surface area contributed by atoms with E-state index in [0.717, 1.165) is 36.8 Å². The van der Waals surface area contributed by atoms with E-state index in [1.165, 1.54) is 32.1 Å². The van der Waals surface area contributed by atoms with Gasteiger partial charge in [0.15, 0.2) is 0 Å². The number of carboxylic acid groups (broad SMARTS) is 1. The molecule has 0 amide bonds. The highest BCUT2D eigenvalue weighted by atomic mass is 16.4. The molecule has 106 valence electrons. The third-order valence-corrected chi connectivity index (χ3v) is 6.13. The molecule has 5 aliphatic rings. The van der Waals surface area contributed by atoms with E-state index in [-0.39, 0.29) is 6.04 Å². The van der Waals surface area contributed by atoms with Crippen LogP contribution in [0.25, 0.3) is 0 Å². The van der Waals surface area contributed by atoms with Crippen LogP contribution < -0.4 is 5.32 Å². The number of aliphatic carboxylic acids is 1. The molecule has 19 heavy (non-hydrogen) atoms. The monoisotopic (exact) mass is 264 g/mol. The van der Waals surface area contributed by atoms with Gasteiger partial charge >= 0.3 is 5.97 Å². The maximum Gasteiger partial charge on any atom is 0.322 e. The molecule has 5 fully saturated rings. The van der Waals surface area contributed by atoms with Crippen molar-refractivity contribution in [1.29, 1.82) is 0 Å². The van der Waals surface area contributed by atoms with Gasteiger partial charge in [-0.2, -0.15) is 0 Å². The Balaban J connectivity index is 1.59. The van der Waals surface area contributed by atoms with Crippen molar-refractivity contribution in [2.45, 2.75) is 44.2 Å². The summed E-state index contributed by atoms with van der Waals surface area (Å²) in [5.74, 6) is 2.86. The third kappa shape index (κ3) is 1.91.